The Bertz CT molecular complexity index is 448. The lowest BCUT2D eigenvalue weighted by Gasteiger charge is -2.22. The molecule has 2 aliphatic heterocycles. The fraction of sp³-hybridized carbons (Fsp3) is 0.786. The van der Waals surface area contributed by atoms with Crippen molar-refractivity contribution >= 4 is 17.7 Å². The van der Waals surface area contributed by atoms with E-state index in [2.05, 4.69) is 10.6 Å². The minimum absolute atomic E-state index is 0.0368. The number of rotatable bonds is 5. The molecule has 0 saturated carbocycles. The molecule has 0 aromatic rings. The van der Waals surface area contributed by atoms with Crippen LogP contribution < -0.4 is 16.4 Å². The van der Waals surface area contributed by atoms with Crippen molar-refractivity contribution in [2.24, 2.45) is 11.7 Å². The van der Waals surface area contributed by atoms with E-state index in [1.54, 1.807) is 4.90 Å². The molecule has 22 heavy (non-hydrogen) atoms. The number of carbonyl (C=O) groups is 3. The Balaban J connectivity index is 1.87. The SMILES string of the molecule is C[C@@H](O)[C@H](NC(=O)[C@H]1CCN(C(=O)[C@H]2CCCN2)C1)C(N)=O. The highest BCUT2D eigenvalue weighted by Crippen LogP contribution is 2.19. The fourth-order valence-electron chi connectivity index (χ4n) is 2.99. The van der Waals surface area contributed by atoms with E-state index in [1.165, 1.54) is 6.92 Å². The molecule has 2 aliphatic rings. The molecule has 0 aromatic carbocycles. The van der Waals surface area contributed by atoms with Gasteiger partial charge in [-0.3, -0.25) is 14.4 Å². The maximum atomic E-state index is 12.3. The number of nitrogens with two attached hydrogens (primary N) is 1. The van der Waals surface area contributed by atoms with Crippen LogP contribution in [0.2, 0.25) is 0 Å². The first kappa shape index (κ1) is 16.7. The summed E-state index contributed by atoms with van der Waals surface area (Å²) < 4.78 is 0. The average Bonchev–Trinajstić information content (AvgIpc) is 3.13. The van der Waals surface area contributed by atoms with Crippen molar-refractivity contribution in [1.82, 2.24) is 15.5 Å². The number of primary amides is 1. The first-order valence-electron chi connectivity index (χ1n) is 7.70. The van der Waals surface area contributed by atoms with Gasteiger partial charge in [-0.25, -0.2) is 0 Å². The molecule has 5 N–H and O–H groups in total. The van der Waals surface area contributed by atoms with Gasteiger partial charge in [0.1, 0.15) is 6.04 Å². The molecule has 3 amide bonds. The van der Waals surface area contributed by atoms with E-state index in [-0.39, 0.29) is 23.8 Å². The molecule has 4 atom stereocenters. The van der Waals surface area contributed by atoms with Crippen molar-refractivity contribution in [1.29, 1.82) is 0 Å². The smallest absolute Gasteiger partial charge is 0.242 e. The fourth-order valence-corrected chi connectivity index (χ4v) is 2.99. The van der Waals surface area contributed by atoms with Gasteiger partial charge in [-0.05, 0) is 32.7 Å². The van der Waals surface area contributed by atoms with E-state index in [1.807, 2.05) is 0 Å². The Labute approximate surface area is 129 Å². The normalized spacial score (nSPS) is 27.5. The van der Waals surface area contributed by atoms with Crippen LogP contribution in [0.25, 0.3) is 0 Å². The maximum absolute atomic E-state index is 12.3. The number of aliphatic hydroxyl groups is 1. The van der Waals surface area contributed by atoms with Gasteiger partial charge in [0.25, 0.3) is 0 Å². The van der Waals surface area contributed by atoms with Crippen LogP contribution in [0.3, 0.4) is 0 Å². The van der Waals surface area contributed by atoms with Crippen LogP contribution in [0.1, 0.15) is 26.2 Å². The van der Waals surface area contributed by atoms with Gasteiger partial charge >= 0.3 is 0 Å². The van der Waals surface area contributed by atoms with Crippen molar-refractivity contribution < 1.29 is 19.5 Å². The van der Waals surface area contributed by atoms with Crippen LogP contribution in [0.4, 0.5) is 0 Å². The second-order valence-corrected chi connectivity index (χ2v) is 6.05. The first-order valence-corrected chi connectivity index (χ1v) is 7.70. The predicted molar refractivity (Wildman–Crippen MR) is 78.5 cm³/mol. The van der Waals surface area contributed by atoms with Crippen molar-refractivity contribution in [2.75, 3.05) is 19.6 Å². The molecular formula is C14H24N4O4. The lowest BCUT2D eigenvalue weighted by molar-refractivity contribution is -0.134. The van der Waals surface area contributed by atoms with Gasteiger partial charge in [-0.2, -0.15) is 0 Å². The number of amides is 3. The van der Waals surface area contributed by atoms with Gasteiger partial charge in [0.05, 0.1) is 18.1 Å². The van der Waals surface area contributed by atoms with Gasteiger partial charge in [-0.1, -0.05) is 0 Å². The van der Waals surface area contributed by atoms with Crippen molar-refractivity contribution in [2.45, 2.75) is 44.4 Å². The monoisotopic (exact) mass is 312 g/mol. The van der Waals surface area contributed by atoms with Crippen molar-refractivity contribution in [3.05, 3.63) is 0 Å². The Morgan fingerprint density at radius 1 is 1.36 bits per heavy atom. The molecule has 2 fully saturated rings. The van der Waals surface area contributed by atoms with Crippen LogP contribution >= 0.6 is 0 Å². The van der Waals surface area contributed by atoms with Crippen LogP contribution in [0.5, 0.6) is 0 Å². The number of hydrogen-bond acceptors (Lipinski definition) is 5. The summed E-state index contributed by atoms with van der Waals surface area (Å²) in [5, 5.41) is 15.1. The summed E-state index contributed by atoms with van der Waals surface area (Å²) >= 11 is 0. The van der Waals surface area contributed by atoms with E-state index >= 15 is 0 Å². The highest BCUT2D eigenvalue weighted by Gasteiger charge is 2.36. The third kappa shape index (κ3) is 3.75. The highest BCUT2D eigenvalue weighted by molar-refractivity contribution is 5.89. The van der Waals surface area contributed by atoms with Gasteiger partial charge < -0.3 is 26.4 Å². The molecule has 0 radical (unpaired) electrons. The Kier molecular flexibility index (Phi) is 5.36. The van der Waals surface area contributed by atoms with Gasteiger partial charge in [0, 0.05) is 13.1 Å². The second-order valence-electron chi connectivity index (χ2n) is 6.05. The second kappa shape index (κ2) is 7.06. The van der Waals surface area contributed by atoms with Gasteiger partial charge in [0.2, 0.25) is 17.7 Å². The zero-order valence-electron chi connectivity index (χ0n) is 12.7. The molecular weight excluding hydrogens is 288 g/mol. The van der Waals surface area contributed by atoms with Crippen LogP contribution in [-0.4, -0.2) is 65.5 Å². The lowest BCUT2D eigenvalue weighted by Crippen LogP contribution is -2.52. The van der Waals surface area contributed by atoms with Crippen LogP contribution in [-0.2, 0) is 14.4 Å². The third-order valence-corrected chi connectivity index (χ3v) is 4.32. The maximum Gasteiger partial charge on any atom is 0.242 e. The summed E-state index contributed by atoms with van der Waals surface area (Å²) in [4.78, 5) is 37.3. The number of hydrogen-bond donors (Lipinski definition) is 4. The Morgan fingerprint density at radius 2 is 2.09 bits per heavy atom. The number of aliphatic hydroxyl groups excluding tert-OH is 1. The largest absolute Gasteiger partial charge is 0.391 e. The summed E-state index contributed by atoms with van der Waals surface area (Å²) in [6.45, 7) is 3.12. The molecule has 0 unspecified atom stereocenters. The van der Waals surface area contributed by atoms with E-state index in [4.69, 9.17) is 5.73 Å². The average molecular weight is 312 g/mol. The summed E-state index contributed by atoms with van der Waals surface area (Å²) in [5.41, 5.74) is 5.16. The Hall–Kier alpha value is -1.67. The zero-order chi connectivity index (χ0) is 16.3. The predicted octanol–water partition coefficient (Wildman–Crippen LogP) is -2.06. The minimum Gasteiger partial charge on any atom is -0.391 e. The number of nitrogens with one attached hydrogen (secondary N) is 2. The standard InChI is InChI=1S/C14H24N4O4/c1-8(19)11(12(15)20)17-13(21)9-4-6-18(7-9)14(22)10-3-2-5-16-10/h8-11,16,19H,2-7H2,1H3,(H2,15,20)(H,17,21)/t8-,9+,10-,11+/m1/s1. The first-order chi connectivity index (χ1) is 10.4. The molecule has 8 heteroatoms. The van der Waals surface area contributed by atoms with Crippen molar-refractivity contribution in [3.8, 4) is 0 Å². The lowest BCUT2D eigenvalue weighted by atomic mass is 10.1. The molecule has 0 aromatic heterocycles. The zero-order valence-corrected chi connectivity index (χ0v) is 12.7. The van der Waals surface area contributed by atoms with E-state index in [0.717, 1.165) is 19.4 Å². The third-order valence-electron chi connectivity index (χ3n) is 4.32. The summed E-state index contributed by atoms with van der Waals surface area (Å²) in [6, 6.07) is -1.24. The van der Waals surface area contributed by atoms with E-state index in [0.29, 0.717) is 19.5 Å². The summed E-state index contributed by atoms with van der Waals surface area (Å²) in [7, 11) is 0. The number of likely N-dealkylation sites (tertiary alicyclic amines) is 1. The molecule has 2 heterocycles. The quantitative estimate of drug-likeness (QED) is 0.464. The topological polar surface area (TPSA) is 125 Å². The molecule has 8 nitrogen and oxygen atoms in total. The summed E-state index contributed by atoms with van der Waals surface area (Å²) in [5.74, 6) is -1.45. The number of carbonyl (C=O) groups excluding carboxylic acids is 3. The molecule has 0 aliphatic carbocycles. The van der Waals surface area contributed by atoms with Gasteiger partial charge in [-0.15, -0.1) is 0 Å². The number of nitrogens with zero attached hydrogens (tertiary/aromatic N) is 1. The molecule has 0 spiro atoms. The van der Waals surface area contributed by atoms with E-state index < -0.39 is 18.1 Å². The molecule has 0 bridgehead atoms. The molecule has 2 rings (SSSR count). The molecule has 124 valence electrons. The van der Waals surface area contributed by atoms with Crippen LogP contribution in [0.15, 0.2) is 0 Å². The van der Waals surface area contributed by atoms with Gasteiger partial charge in [0.15, 0.2) is 0 Å². The summed E-state index contributed by atoms with van der Waals surface area (Å²) in [6.07, 6.45) is 1.32. The van der Waals surface area contributed by atoms with Crippen molar-refractivity contribution in [3.63, 3.8) is 0 Å². The van der Waals surface area contributed by atoms with E-state index in [9.17, 15) is 19.5 Å². The van der Waals surface area contributed by atoms with Crippen LogP contribution in [0, 0.1) is 5.92 Å². The Morgan fingerprint density at radius 3 is 2.64 bits per heavy atom. The highest BCUT2D eigenvalue weighted by atomic mass is 16.3. The minimum atomic E-state index is -1.10. The molecule has 2 saturated heterocycles.